The second-order valence-electron chi connectivity index (χ2n) is 4.59. The largest absolute Gasteiger partial charge is 0.479 e. The zero-order chi connectivity index (χ0) is 15.5. The standard InChI is InChI=1S/C18H18N2O2/c21-18(11-10-16-7-2-1-3-8-16)20-13-4-5-14-22-17-9-6-12-19-15-17/h1-3,6-9,12,15H,10-11,13-14H2,(H,20,21). The lowest BCUT2D eigenvalue weighted by Gasteiger charge is -2.02. The quantitative estimate of drug-likeness (QED) is 0.831. The average molecular weight is 294 g/mol. The van der Waals surface area contributed by atoms with Gasteiger partial charge >= 0.3 is 0 Å². The van der Waals surface area contributed by atoms with E-state index in [0.717, 1.165) is 12.0 Å². The summed E-state index contributed by atoms with van der Waals surface area (Å²) in [6, 6.07) is 13.6. The van der Waals surface area contributed by atoms with Crippen molar-refractivity contribution in [3.8, 4) is 17.6 Å². The summed E-state index contributed by atoms with van der Waals surface area (Å²) in [7, 11) is 0. The Morgan fingerprint density at radius 3 is 2.77 bits per heavy atom. The zero-order valence-electron chi connectivity index (χ0n) is 12.3. The van der Waals surface area contributed by atoms with E-state index >= 15 is 0 Å². The van der Waals surface area contributed by atoms with Gasteiger partial charge in [0.05, 0.1) is 12.7 Å². The van der Waals surface area contributed by atoms with Crippen LogP contribution in [0.3, 0.4) is 0 Å². The molecule has 1 amide bonds. The lowest BCUT2D eigenvalue weighted by atomic mass is 10.1. The average Bonchev–Trinajstić information content (AvgIpc) is 2.58. The SMILES string of the molecule is O=C(CCc1ccccc1)NCC#CCOc1cccnc1. The highest BCUT2D eigenvalue weighted by atomic mass is 16.5. The van der Waals surface area contributed by atoms with Crippen molar-refractivity contribution in [2.75, 3.05) is 13.2 Å². The van der Waals surface area contributed by atoms with E-state index < -0.39 is 0 Å². The number of benzene rings is 1. The van der Waals surface area contributed by atoms with Gasteiger partial charge in [0, 0.05) is 12.6 Å². The van der Waals surface area contributed by atoms with Gasteiger partial charge in [0.2, 0.25) is 5.91 Å². The maximum atomic E-state index is 11.7. The molecule has 4 heteroatoms. The molecule has 0 saturated heterocycles. The van der Waals surface area contributed by atoms with Gasteiger partial charge in [-0.2, -0.15) is 0 Å². The molecule has 2 rings (SSSR count). The van der Waals surface area contributed by atoms with Crippen LogP contribution in [0.5, 0.6) is 5.75 Å². The Morgan fingerprint density at radius 2 is 2.00 bits per heavy atom. The minimum absolute atomic E-state index is 0.00586. The van der Waals surface area contributed by atoms with Crippen LogP contribution < -0.4 is 10.1 Å². The van der Waals surface area contributed by atoms with Gasteiger partial charge in [0.1, 0.15) is 12.4 Å². The Morgan fingerprint density at radius 1 is 1.14 bits per heavy atom. The third kappa shape index (κ3) is 6.10. The summed E-state index contributed by atoms with van der Waals surface area (Å²) in [4.78, 5) is 15.6. The molecule has 0 spiro atoms. The van der Waals surface area contributed by atoms with Crippen molar-refractivity contribution < 1.29 is 9.53 Å². The van der Waals surface area contributed by atoms with Gasteiger partial charge < -0.3 is 10.1 Å². The Kier molecular flexibility index (Phi) is 6.51. The summed E-state index contributed by atoms with van der Waals surface area (Å²) in [6.45, 7) is 0.621. The predicted octanol–water partition coefficient (Wildman–Crippen LogP) is 2.21. The highest BCUT2D eigenvalue weighted by Gasteiger charge is 2.00. The molecular weight excluding hydrogens is 276 g/mol. The molecule has 0 bridgehead atoms. The van der Waals surface area contributed by atoms with E-state index in [1.807, 2.05) is 36.4 Å². The third-order valence-corrected chi connectivity index (χ3v) is 2.93. The molecule has 0 unspecified atom stereocenters. The maximum Gasteiger partial charge on any atom is 0.221 e. The van der Waals surface area contributed by atoms with Gasteiger partial charge in [-0.1, -0.05) is 42.2 Å². The lowest BCUT2D eigenvalue weighted by molar-refractivity contribution is -0.120. The molecule has 0 aliphatic carbocycles. The number of aromatic nitrogens is 1. The number of amides is 1. The lowest BCUT2D eigenvalue weighted by Crippen LogP contribution is -2.23. The van der Waals surface area contributed by atoms with Crippen LogP contribution in [0.2, 0.25) is 0 Å². The molecular formula is C18H18N2O2. The molecule has 112 valence electrons. The maximum absolute atomic E-state index is 11.7. The first-order valence-electron chi connectivity index (χ1n) is 7.14. The van der Waals surface area contributed by atoms with Gasteiger partial charge in [-0.05, 0) is 24.1 Å². The van der Waals surface area contributed by atoms with Crippen LogP contribution in [-0.4, -0.2) is 24.0 Å². The molecule has 22 heavy (non-hydrogen) atoms. The molecule has 0 aliphatic heterocycles. The summed E-state index contributed by atoms with van der Waals surface area (Å²) < 4.78 is 5.37. The molecule has 1 aromatic heterocycles. The highest BCUT2D eigenvalue weighted by Crippen LogP contribution is 2.04. The molecule has 1 aromatic carbocycles. The van der Waals surface area contributed by atoms with Crippen LogP contribution in [0.15, 0.2) is 54.9 Å². The number of nitrogens with one attached hydrogen (secondary N) is 1. The smallest absolute Gasteiger partial charge is 0.221 e. The molecule has 0 radical (unpaired) electrons. The molecule has 4 nitrogen and oxygen atoms in total. The summed E-state index contributed by atoms with van der Waals surface area (Å²) in [6.07, 6.45) is 4.53. The Hall–Kier alpha value is -2.80. The van der Waals surface area contributed by atoms with E-state index in [1.54, 1.807) is 18.5 Å². The minimum atomic E-state index is 0.00586. The monoisotopic (exact) mass is 294 g/mol. The van der Waals surface area contributed by atoms with E-state index in [-0.39, 0.29) is 12.5 Å². The Labute approximate surface area is 130 Å². The van der Waals surface area contributed by atoms with E-state index in [0.29, 0.717) is 18.7 Å². The normalized spacial score (nSPS) is 9.45. The minimum Gasteiger partial charge on any atom is -0.479 e. The second kappa shape index (κ2) is 9.19. The fourth-order valence-electron chi connectivity index (χ4n) is 1.80. The van der Waals surface area contributed by atoms with E-state index in [2.05, 4.69) is 22.1 Å². The molecule has 1 N–H and O–H groups in total. The molecule has 0 fully saturated rings. The van der Waals surface area contributed by atoms with Gasteiger partial charge in [-0.25, -0.2) is 0 Å². The van der Waals surface area contributed by atoms with Crippen molar-refractivity contribution in [2.24, 2.45) is 0 Å². The number of aryl methyl sites for hydroxylation is 1. The Balaban J connectivity index is 1.58. The number of carbonyl (C=O) groups is 1. The van der Waals surface area contributed by atoms with Gasteiger partial charge in [0.25, 0.3) is 0 Å². The van der Waals surface area contributed by atoms with Gasteiger partial charge in [0.15, 0.2) is 0 Å². The number of nitrogens with zero attached hydrogens (tertiary/aromatic N) is 1. The van der Waals surface area contributed by atoms with Crippen molar-refractivity contribution >= 4 is 5.91 Å². The number of pyridine rings is 1. The number of ether oxygens (including phenoxy) is 1. The topological polar surface area (TPSA) is 51.2 Å². The van der Waals surface area contributed by atoms with Gasteiger partial charge in [-0.15, -0.1) is 0 Å². The third-order valence-electron chi connectivity index (χ3n) is 2.93. The van der Waals surface area contributed by atoms with Crippen LogP contribution in [-0.2, 0) is 11.2 Å². The molecule has 0 aliphatic rings. The van der Waals surface area contributed by atoms with Crippen LogP contribution in [0.25, 0.3) is 0 Å². The molecule has 1 heterocycles. The summed E-state index contributed by atoms with van der Waals surface area (Å²) >= 11 is 0. The van der Waals surface area contributed by atoms with Crippen LogP contribution >= 0.6 is 0 Å². The number of rotatable bonds is 6. The zero-order valence-corrected chi connectivity index (χ0v) is 12.3. The highest BCUT2D eigenvalue weighted by molar-refractivity contribution is 5.76. The summed E-state index contributed by atoms with van der Waals surface area (Å²) in [5.41, 5.74) is 1.16. The van der Waals surface area contributed by atoms with Crippen molar-refractivity contribution in [1.82, 2.24) is 10.3 Å². The summed E-state index contributed by atoms with van der Waals surface area (Å²) in [5, 5.41) is 2.77. The summed E-state index contributed by atoms with van der Waals surface area (Å²) in [5.74, 6) is 6.40. The number of hydrogen-bond donors (Lipinski definition) is 1. The predicted molar refractivity (Wildman–Crippen MR) is 85.3 cm³/mol. The van der Waals surface area contributed by atoms with Crippen molar-refractivity contribution in [3.63, 3.8) is 0 Å². The van der Waals surface area contributed by atoms with Crippen LogP contribution in [0.1, 0.15) is 12.0 Å². The number of carbonyl (C=O) groups excluding carboxylic acids is 1. The van der Waals surface area contributed by atoms with E-state index in [1.165, 1.54) is 0 Å². The van der Waals surface area contributed by atoms with E-state index in [9.17, 15) is 4.79 Å². The fraction of sp³-hybridized carbons (Fsp3) is 0.222. The molecule has 0 atom stereocenters. The van der Waals surface area contributed by atoms with Gasteiger partial charge in [-0.3, -0.25) is 9.78 Å². The second-order valence-corrected chi connectivity index (χ2v) is 4.59. The molecule has 0 saturated carbocycles. The van der Waals surface area contributed by atoms with Crippen LogP contribution in [0, 0.1) is 11.8 Å². The van der Waals surface area contributed by atoms with Crippen molar-refractivity contribution in [2.45, 2.75) is 12.8 Å². The first kappa shape index (κ1) is 15.6. The molecule has 2 aromatic rings. The first-order chi connectivity index (χ1) is 10.8. The van der Waals surface area contributed by atoms with Crippen molar-refractivity contribution in [1.29, 1.82) is 0 Å². The van der Waals surface area contributed by atoms with Crippen molar-refractivity contribution in [3.05, 3.63) is 60.4 Å². The number of hydrogen-bond acceptors (Lipinski definition) is 3. The van der Waals surface area contributed by atoms with E-state index in [4.69, 9.17) is 4.74 Å². The fourth-order valence-corrected chi connectivity index (χ4v) is 1.80. The van der Waals surface area contributed by atoms with Crippen LogP contribution in [0.4, 0.5) is 0 Å². The first-order valence-corrected chi connectivity index (χ1v) is 7.14. The Bertz CT molecular complexity index is 630.